The molecule has 31 heavy (non-hydrogen) atoms. The van der Waals surface area contributed by atoms with Crippen molar-refractivity contribution in [1.29, 1.82) is 0 Å². The van der Waals surface area contributed by atoms with Crippen LogP contribution in [0.25, 0.3) is 11.1 Å². The Kier molecular flexibility index (Phi) is 8.12. The molecule has 3 rings (SSSR count). The lowest BCUT2D eigenvalue weighted by Crippen LogP contribution is -2.17. The molecule has 0 saturated heterocycles. The van der Waals surface area contributed by atoms with Crippen molar-refractivity contribution in [2.75, 3.05) is 13.6 Å². The minimum absolute atomic E-state index is 0.0436. The maximum atomic E-state index is 6.08. The van der Waals surface area contributed by atoms with Gasteiger partial charge in [-0.2, -0.15) is 11.3 Å². The summed E-state index contributed by atoms with van der Waals surface area (Å²) in [6, 6.07) is 19.1. The third kappa shape index (κ3) is 8.09. The molecule has 0 N–H and O–H groups in total. The van der Waals surface area contributed by atoms with Crippen molar-refractivity contribution in [2.24, 2.45) is 5.41 Å². The number of allylic oxidation sites excluding steroid dienone is 1. The summed E-state index contributed by atoms with van der Waals surface area (Å²) in [4.78, 5) is 2.26. The van der Waals surface area contributed by atoms with Crippen molar-refractivity contribution in [3.05, 3.63) is 88.6 Å². The summed E-state index contributed by atoms with van der Waals surface area (Å²) in [5.74, 6) is 7.24. The van der Waals surface area contributed by atoms with Crippen LogP contribution in [0, 0.1) is 17.3 Å². The van der Waals surface area contributed by atoms with Gasteiger partial charge in [0.2, 0.25) is 0 Å². The Balaban J connectivity index is 1.53. The molecule has 0 bridgehead atoms. The Labute approximate surface area is 191 Å². The van der Waals surface area contributed by atoms with Crippen LogP contribution in [0.1, 0.15) is 31.9 Å². The van der Waals surface area contributed by atoms with E-state index in [9.17, 15) is 0 Å². The lowest BCUT2D eigenvalue weighted by molar-refractivity contribution is 0.304. The monoisotopic (exact) mass is 429 g/mol. The van der Waals surface area contributed by atoms with E-state index in [1.165, 1.54) is 22.3 Å². The van der Waals surface area contributed by atoms with Gasteiger partial charge in [0.1, 0.15) is 12.4 Å². The maximum Gasteiger partial charge on any atom is 0.120 e. The average Bonchev–Trinajstić information content (AvgIpc) is 3.27. The second kappa shape index (κ2) is 11.0. The maximum absolute atomic E-state index is 6.08. The number of nitrogens with zero attached hydrogens (tertiary/aromatic N) is 1. The number of thiophene rings is 1. The molecular weight excluding hydrogens is 398 g/mol. The summed E-state index contributed by atoms with van der Waals surface area (Å²) in [6.07, 6.45) is 4.06. The Bertz CT molecular complexity index is 1050. The molecule has 1 aromatic heterocycles. The normalized spacial score (nSPS) is 11.5. The molecule has 3 aromatic rings. The van der Waals surface area contributed by atoms with Gasteiger partial charge in [0, 0.05) is 18.5 Å². The van der Waals surface area contributed by atoms with Crippen molar-refractivity contribution in [2.45, 2.75) is 33.9 Å². The first-order chi connectivity index (χ1) is 14.9. The molecule has 3 heteroatoms. The van der Waals surface area contributed by atoms with Gasteiger partial charge in [-0.15, -0.1) is 0 Å². The van der Waals surface area contributed by atoms with E-state index < -0.39 is 0 Å². The molecule has 2 aromatic carbocycles. The molecule has 0 atom stereocenters. The number of hydrogen-bond acceptors (Lipinski definition) is 3. The zero-order valence-corrected chi connectivity index (χ0v) is 19.7. The van der Waals surface area contributed by atoms with Crippen molar-refractivity contribution in [3.63, 3.8) is 0 Å². The van der Waals surface area contributed by atoms with E-state index in [0.29, 0.717) is 6.61 Å². The topological polar surface area (TPSA) is 12.5 Å². The predicted molar refractivity (Wildman–Crippen MR) is 133 cm³/mol. The third-order valence-electron chi connectivity index (χ3n) is 4.60. The van der Waals surface area contributed by atoms with Gasteiger partial charge in [-0.25, -0.2) is 0 Å². The quantitative estimate of drug-likeness (QED) is 0.356. The largest absolute Gasteiger partial charge is 0.489 e. The molecule has 1 heterocycles. The van der Waals surface area contributed by atoms with E-state index >= 15 is 0 Å². The van der Waals surface area contributed by atoms with Crippen LogP contribution in [-0.2, 0) is 13.2 Å². The highest BCUT2D eigenvalue weighted by Gasteiger charge is 2.04. The van der Waals surface area contributed by atoms with Crippen LogP contribution in [0.3, 0.4) is 0 Å². The molecule has 0 spiro atoms. The van der Waals surface area contributed by atoms with Crippen LogP contribution in [0.4, 0.5) is 0 Å². The second-order valence-electron chi connectivity index (χ2n) is 8.77. The van der Waals surface area contributed by atoms with Gasteiger partial charge in [0.15, 0.2) is 0 Å². The molecule has 0 unspecified atom stereocenters. The first-order valence-corrected chi connectivity index (χ1v) is 11.5. The van der Waals surface area contributed by atoms with Crippen LogP contribution in [0.5, 0.6) is 5.75 Å². The van der Waals surface area contributed by atoms with Crippen LogP contribution in [0.15, 0.2) is 77.5 Å². The summed E-state index contributed by atoms with van der Waals surface area (Å²) in [6.45, 7) is 8.65. The molecule has 0 aliphatic heterocycles. The van der Waals surface area contributed by atoms with Crippen molar-refractivity contribution in [1.82, 2.24) is 4.90 Å². The number of rotatable bonds is 8. The summed E-state index contributed by atoms with van der Waals surface area (Å²) >= 11 is 1.72. The molecule has 2 nitrogen and oxygen atoms in total. The minimum Gasteiger partial charge on any atom is -0.489 e. The van der Waals surface area contributed by atoms with E-state index in [0.717, 1.165) is 18.8 Å². The van der Waals surface area contributed by atoms with Crippen molar-refractivity contribution in [3.8, 4) is 28.7 Å². The van der Waals surface area contributed by atoms with Gasteiger partial charge < -0.3 is 4.74 Å². The van der Waals surface area contributed by atoms with Gasteiger partial charge in [0.25, 0.3) is 0 Å². The molecule has 160 valence electrons. The summed E-state index contributed by atoms with van der Waals surface area (Å²) in [5.41, 5.74) is 4.95. The summed E-state index contributed by atoms with van der Waals surface area (Å²) in [5, 5.41) is 4.28. The highest BCUT2D eigenvalue weighted by Crippen LogP contribution is 2.24. The Morgan fingerprint density at radius 1 is 1.00 bits per heavy atom. The highest BCUT2D eigenvalue weighted by atomic mass is 32.1. The standard InChI is InChI=1S/C28H31NOS/c1-28(2,3)15-6-5-7-16-29(4)20-23-10-9-13-27(19-23)30-21-24-11-8-12-25(18-24)26-14-17-31-22-26/h5,7-14,17-19,22H,16,20-21H2,1-4H3/b7-5+. The Morgan fingerprint density at radius 3 is 2.58 bits per heavy atom. The van der Waals surface area contributed by atoms with E-state index in [2.05, 4.69) is 110 Å². The van der Waals surface area contributed by atoms with Gasteiger partial charge in [0.05, 0.1) is 0 Å². The van der Waals surface area contributed by atoms with E-state index in [4.69, 9.17) is 4.74 Å². The highest BCUT2D eigenvalue weighted by molar-refractivity contribution is 7.08. The molecule has 0 fully saturated rings. The SMILES string of the molecule is CN(C/C=C/C#CC(C)(C)C)Cc1cccc(OCc2cccc(-c3ccsc3)c2)c1. The summed E-state index contributed by atoms with van der Waals surface area (Å²) < 4.78 is 6.08. The van der Waals surface area contributed by atoms with Gasteiger partial charge >= 0.3 is 0 Å². The predicted octanol–water partition coefficient (Wildman–Crippen LogP) is 7.03. The number of benzene rings is 2. The van der Waals surface area contributed by atoms with Crippen molar-refractivity contribution < 1.29 is 4.74 Å². The lowest BCUT2D eigenvalue weighted by Gasteiger charge is -2.15. The van der Waals surface area contributed by atoms with Gasteiger partial charge in [-0.1, -0.05) is 48.2 Å². The lowest BCUT2D eigenvalue weighted by atomic mass is 9.98. The fourth-order valence-electron chi connectivity index (χ4n) is 3.10. The van der Waals surface area contributed by atoms with Crippen LogP contribution in [-0.4, -0.2) is 18.5 Å². The Hall–Kier alpha value is -2.80. The molecule has 0 radical (unpaired) electrons. The molecule has 0 saturated carbocycles. The fraction of sp³-hybridized carbons (Fsp3) is 0.286. The first-order valence-electron chi connectivity index (χ1n) is 10.6. The van der Waals surface area contributed by atoms with E-state index in [1.807, 2.05) is 12.1 Å². The Morgan fingerprint density at radius 2 is 1.81 bits per heavy atom. The third-order valence-corrected chi connectivity index (χ3v) is 5.29. The van der Waals surface area contributed by atoms with Gasteiger partial charge in [-0.3, -0.25) is 4.90 Å². The van der Waals surface area contributed by atoms with Crippen molar-refractivity contribution >= 4 is 11.3 Å². The van der Waals surface area contributed by atoms with E-state index in [-0.39, 0.29) is 5.41 Å². The summed E-state index contributed by atoms with van der Waals surface area (Å²) in [7, 11) is 2.12. The first kappa shape index (κ1) is 22.9. The smallest absolute Gasteiger partial charge is 0.120 e. The number of hydrogen-bond donors (Lipinski definition) is 0. The fourth-order valence-corrected chi connectivity index (χ4v) is 3.76. The van der Waals surface area contributed by atoms with E-state index in [1.54, 1.807) is 11.3 Å². The number of likely N-dealkylation sites (N-methyl/N-ethyl adjacent to an activating group) is 1. The average molecular weight is 430 g/mol. The zero-order chi connectivity index (χ0) is 22.1. The minimum atomic E-state index is 0.0436. The zero-order valence-electron chi connectivity index (χ0n) is 18.9. The van der Waals surface area contributed by atoms with Crippen LogP contribution in [0.2, 0.25) is 0 Å². The van der Waals surface area contributed by atoms with Gasteiger partial charge in [-0.05, 0) is 91.2 Å². The molecule has 0 aliphatic carbocycles. The van der Waals surface area contributed by atoms with Crippen LogP contribution < -0.4 is 4.74 Å². The van der Waals surface area contributed by atoms with Crippen LogP contribution >= 0.6 is 11.3 Å². The molecule has 0 aliphatic rings. The molecule has 0 amide bonds. The molecular formula is C28H31NOS. The number of ether oxygens (including phenoxy) is 1. The second-order valence-corrected chi connectivity index (χ2v) is 9.55.